The molecule has 1 N–H and O–H groups in total. The number of carbonyl (C=O) groups excluding carboxylic acids is 1. The van der Waals surface area contributed by atoms with E-state index in [1.165, 1.54) is 26.4 Å². The van der Waals surface area contributed by atoms with E-state index < -0.39 is 18.0 Å². The number of nitrogens with one attached hydrogen (secondary N) is 1. The number of rotatable bonds is 5. The quantitative estimate of drug-likeness (QED) is 0.399. The second-order valence-corrected chi connectivity index (χ2v) is 7.42. The van der Waals surface area contributed by atoms with Gasteiger partial charge in [0.2, 0.25) is 24.6 Å². The molecule has 3 heterocycles. The van der Waals surface area contributed by atoms with Crippen LogP contribution in [0, 0.1) is 6.92 Å². The van der Waals surface area contributed by atoms with Gasteiger partial charge in [-0.2, -0.15) is 18.2 Å². The number of carbonyl (C=O) groups is 1. The lowest BCUT2D eigenvalue weighted by Gasteiger charge is -2.13. The van der Waals surface area contributed by atoms with Gasteiger partial charge in [-0.25, -0.2) is 19.7 Å². The molecule has 11 nitrogen and oxygen atoms in total. The first kappa shape index (κ1) is 23.1. The maximum Gasteiger partial charge on any atom is 0.491 e. The maximum absolute atomic E-state index is 12.9. The zero-order chi connectivity index (χ0) is 25.6. The molecule has 0 aliphatic carbocycles. The third-order valence-electron chi connectivity index (χ3n) is 5.20. The van der Waals surface area contributed by atoms with E-state index >= 15 is 0 Å². The molecule has 2 aromatic heterocycles. The molecule has 0 spiro atoms. The molecule has 5 rings (SSSR count). The van der Waals surface area contributed by atoms with E-state index in [1.54, 1.807) is 19.1 Å². The van der Waals surface area contributed by atoms with Crippen LogP contribution in [0.2, 0.25) is 0 Å². The molecule has 1 aliphatic heterocycles. The molecule has 186 valence electrons. The highest BCUT2D eigenvalue weighted by Crippen LogP contribution is 2.43. The van der Waals surface area contributed by atoms with Crippen LogP contribution in [-0.2, 0) is 4.79 Å². The fourth-order valence-electron chi connectivity index (χ4n) is 3.59. The lowest BCUT2D eigenvalue weighted by molar-refractivity contribution is -0.189. The zero-order valence-corrected chi connectivity index (χ0v) is 18.9. The molecule has 14 heteroatoms. The number of hydrogen-bond acceptors (Lipinski definition) is 11. The van der Waals surface area contributed by atoms with Crippen molar-refractivity contribution in [3.63, 3.8) is 0 Å². The number of esters is 1. The molecule has 0 saturated carbocycles. The van der Waals surface area contributed by atoms with E-state index in [1.807, 2.05) is 0 Å². The van der Waals surface area contributed by atoms with E-state index in [-0.39, 0.29) is 41.1 Å². The van der Waals surface area contributed by atoms with Crippen LogP contribution >= 0.6 is 0 Å². The normalized spacial score (nSPS) is 12.6. The van der Waals surface area contributed by atoms with Crippen molar-refractivity contribution in [1.82, 2.24) is 19.9 Å². The van der Waals surface area contributed by atoms with Gasteiger partial charge in [0, 0.05) is 11.5 Å². The van der Waals surface area contributed by atoms with Gasteiger partial charge in [-0.3, -0.25) is 5.32 Å². The zero-order valence-electron chi connectivity index (χ0n) is 18.9. The van der Waals surface area contributed by atoms with Crippen molar-refractivity contribution in [1.29, 1.82) is 0 Å². The summed E-state index contributed by atoms with van der Waals surface area (Å²) in [6, 6.07) is 6.35. The van der Waals surface area contributed by atoms with E-state index in [2.05, 4.69) is 30.0 Å². The van der Waals surface area contributed by atoms with Crippen LogP contribution < -0.4 is 29.0 Å². The minimum absolute atomic E-state index is 0.0420. The summed E-state index contributed by atoms with van der Waals surface area (Å²) in [4.78, 5) is 28.6. The number of alkyl halides is 3. The van der Waals surface area contributed by atoms with E-state index in [0.717, 1.165) is 0 Å². The first-order chi connectivity index (χ1) is 17.2. The number of fused-ring (bicyclic) bond motifs is 4. The minimum atomic E-state index is -5.25. The van der Waals surface area contributed by atoms with Crippen molar-refractivity contribution >= 4 is 39.7 Å². The predicted octanol–water partition coefficient (Wildman–Crippen LogP) is 3.84. The van der Waals surface area contributed by atoms with Crippen LogP contribution in [0.3, 0.4) is 0 Å². The molecule has 0 amide bonds. The van der Waals surface area contributed by atoms with Gasteiger partial charge < -0.3 is 23.7 Å². The highest BCUT2D eigenvalue weighted by atomic mass is 19.4. The van der Waals surface area contributed by atoms with Crippen molar-refractivity contribution in [2.45, 2.75) is 13.1 Å². The summed E-state index contributed by atoms with van der Waals surface area (Å²) < 4.78 is 64.6. The van der Waals surface area contributed by atoms with Gasteiger partial charge in [0.25, 0.3) is 0 Å². The highest BCUT2D eigenvalue weighted by Gasteiger charge is 2.42. The Labute approximate surface area is 200 Å². The molecule has 0 saturated heterocycles. The van der Waals surface area contributed by atoms with E-state index in [9.17, 15) is 18.0 Å². The number of nitrogens with zero attached hydrogens (tertiary/aromatic N) is 4. The minimum Gasteiger partial charge on any atom is -0.493 e. The van der Waals surface area contributed by atoms with Crippen molar-refractivity contribution in [2.24, 2.45) is 0 Å². The molecular weight excluding hydrogens is 487 g/mol. The van der Waals surface area contributed by atoms with Gasteiger partial charge in [-0.15, -0.1) is 0 Å². The molecule has 0 bridgehead atoms. The Morgan fingerprint density at radius 3 is 2.39 bits per heavy atom. The summed E-state index contributed by atoms with van der Waals surface area (Å²) in [5, 5.41) is 3.38. The van der Waals surface area contributed by atoms with Crippen molar-refractivity contribution in [2.75, 3.05) is 26.3 Å². The van der Waals surface area contributed by atoms with E-state index in [4.69, 9.17) is 18.9 Å². The number of halogens is 3. The second kappa shape index (κ2) is 8.55. The fraction of sp³-hybridized carbons (Fsp3) is 0.227. The Kier molecular flexibility index (Phi) is 5.50. The largest absolute Gasteiger partial charge is 0.493 e. The standard InChI is InChI=1S/C22H16F3N5O6/c1-9-10-6-14(32-2)15(33-3)7-12(10)28-20(26-9)30-21-27-11-4-5-13-17(35-8-34-13)16(11)18(29-21)36-19(31)22(23,24)25/h4-7H,8H2,1-3H3,(H,26,27,28,29,30). The Balaban J connectivity index is 1.60. The molecule has 2 aromatic carbocycles. The lowest BCUT2D eigenvalue weighted by atomic mass is 10.1. The molecule has 0 unspecified atom stereocenters. The summed E-state index contributed by atoms with van der Waals surface area (Å²) in [6.45, 7) is 1.57. The van der Waals surface area contributed by atoms with Crippen LogP contribution in [-0.4, -0.2) is 53.1 Å². The summed E-state index contributed by atoms with van der Waals surface area (Å²) in [6.07, 6.45) is -5.25. The SMILES string of the molecule is COc1cc2nc(Nc3nc(OC(=O)C(F)(F)F)c4c5c(ccc4n3)OCO5)nc(C)c2cc1OC. The van der Waals surface area contributed by atoms with Gasteiger partial charge in [-0.05, 0) is 25.1 Å². The molecule has 0 radical (unpaired) electrons. The molecule has 0 fully saturated rings. The Morgan fingerprint density at radius 2 is 1.67 bits per heavy atom. The van der Waals surface area contributed by atoms with Crippen molar-refractivity contribution in [3.8, 4) is 28.9 Å². The number of aromatic nitrogens is 4. The second-order valence-electron chi connectivity index (χ2n) is 7.42. The topological polar surface area (TPSA) is 127 Å². The number of aryl methyl sites for hydroxylation is 1. The van der Waals surface area contributed by atoms with Gasteiger partial charge in [-0.1, -0.05) is 0 Å². The molecule has 1 aliphatic rings. The van der Waals surface area contributed by atoms with Crippen LogP contribution in [0.25, 0.3) is 21.8 Å². The van der Waals surface area contributed by atoms with E-state index in [0.29, 0.717) is 28.1 Å². The van der Waals surface area contributed by atoms with Crippen LogP contribution in [0.4, 0.5) is 25.1 Å². The molecule has 4 aromatic rings. The summed E-state index contributed by atoms with van der Waals surface area (Å²) in [5.74, 6) is -2.07. The molecular formula is C22H16F3N5O6. The van der Waals surface area contributed by atoms with Crippen molar-refractivity contribution in [3.05, 3.63) is 30.0 Å². The third-order valence-corrected chi connectivity index (χ3v) is 5.20. The lowest BCUT2D eigenvalue weighted by Crippen LogP contribution is -2.28. The van der Waals surface area contributed by atoms with Gasteiger partial charge in [0.1, 0.15) is 5.39 Å². The monoisotopic (exact) mass is 503 g/mol. The Bertz CT molecular complexity index is 1530. The van der Waals surface area contributed by atoms with Crippen LogP contribution in [0.5, 0.6) is 28.9 Å². The third kappa shape index (κ3) is 4.06. The Morgan fingerprint density at radius 1 is 0.972 bits per heavy atom. The first-order valence-corrected chi connectivity index (χ1v) is 10.2. The van der Waals surface area contributed by atoms with Crippen LogP contribution in [0.1, 0.15) is 5.69 Å². The van der Waals surface area contributed by atoms with Gasteiger partial charge in [0.15, 0.2) is 23.0 Å². The number of anilines is 2. The number of methoxy groups -OCH3 is 2. The summed E-state index contributed by atoms with van der Waals surface area (Å²) in [5.41, 5.74) is 1.19. The highest BCUT2D eigenvalue weighted by molar-refractivity contribution is 5.95. The summed E-state index contributed by atoms with van der Waals surface area (Å²) in [7, 11) is 2.98. The number of hydrogen-bond donors (Lipinski definition) is 1. The molecule has 0 atom stereocenters. The van der Waals surface area contributed by atoms with Gasteiger partial charge >= 0.3 is 12.1 Å². The molecule has 36 heavy (non-hydrogen) atoms. The number of ether oxygens (including phenoxy) is 5. The fourth-order valence-corrected chi connectivity index (χ4v) is 3.59. The predicted molar refractivity (Wildman–Crippen MR) is 118 cm³/mol. The first-order valence-electron chi connectivity index (χ1n) is 10.2. The average molecular weight is 503 g/mol. The Hall–Kier alpha value is -4.62. The average Bonchev–Trinajstić information content (AvgIpc) is 3.31. The van der Waals surface area contributed by atoms with Gasteiger partial charge in [0.05, 0.1) is 30.9 Å². The smallest absolute Gasteiger partial charge is 0.491 e. The van der Waals surface area contributed by atoms with Crippen LogP contribution in [0.15, 0.2) is 24.3 Å². The van der Waals surface area contributed by atoms with Crippen molar-refractivity contribution < 1.29 is 41.7 Å². The number of benzene rings is 2. The maximum atomic E-state index is 12.9. The summed E-state index contributed by atoms with van der Waals surface area (Å²) >= 11 is 0.